The highest BCUT2D eigenvalue weighted by Crippen LogP contribution is 2.23. The monoisotopic (exact) mass is 420 g/mol. The van der Waals surface area contributed by atoms with Crippen LogP contribution in [-0.4, -0.2) is 51.2 Å². The molecule has 0 aliphatic rings. The van der Waals surface area contributed by atoms with E-state index in [0.29, 0.717) is 18.8 Å². The molecule has 0 bridgehead atoms. The van der Waals surface area contributed by atoms with E-state index in [-0.39, 0.29) is 22.3 Å². The topological polar surface area (TPSA) is 115 Å². The minimum atomic E-state index is -0.690. The third-order valence-corrected chi connectivity index (χ3v) is 5.02. The Bertz CT molecular complexity index is 1040. The van der Waals surface area contributed by atoms with E-state index in [0.717, 1.165) is 26.5 Å². The second kappa shape index (κ2) is 10.1. The van der Waals surface area contributed by atoms with Gasteiger partial charge in [-0.25, -0.2) is 9.79 Å². The lowest BCUT2D eigenvalue weighted by molar-refractivity contribution is -0.118. The first-order valence-electron chi connectivity index (χ1n) is 8.79. The molecule has 29 heavy (non-hydrogen) atoms. The van der Waals surface area contributed by atoms with Crippen molar-refractivity contribution in [2.45, 2.75) is 6.92 Å². The summed E-state index contributed by atoms with van der Waals surface area (Å²) in [5.74, 6) is -0.804. The lowest BCUT2D eigenvalue weighted by Crippen LogP contribution is -2.40. The Kier molecular flexibility index (Phi) is 7.80. The van der Waals surface area contributed by atoms with Crippen LogP contribution in [0.5, 0.6) is 5.88 Å². The maximum Gasteiger partial charge on any atom is 0.333 e. The van der Waals surface area contributed by atoms with Gasteiger partial charge in [0.15, 0.2) is 0 Å². The summed E-state index contributed by atoms with van der Waals surface area (Å²) in [6.07, 6.45) is 0. The van der Waals surface area contributed by atoms with E-state index in [1.165, 1.54) is 21.2 Å². The summed E-state index contributed by atoms with van der Waals surface area (Å²) < 4.78 is 6.74. The number of nitrogens with zero attached hydrogens (tertiary/aromatic N) is 3. The number of benzene rings is 1. The Labute approximate surface area is 172 Å². The molecular formula is C19H24N4O5S. The lowest BCUT2D eigenvalue weighted by Gasteiger charge is -2.12. The van der Waals surface area contributed by atoms with Crippen LogP contribution in [0.2, 0.25) is 0 Å². The average molecular weight is 420 g/mol. The van der Waals surface area contributed by atoms with Crippen LogP contribution in [-0.2, 0) is 23.6 Å². The molecule has 2 aromatic rings. The quantitative estimate of drug-likeness (QED) is 0.387. The van der Waals surface area contributed by atoms with Crippen molar-refractivity contribution in [2.75, 3.05) is 26.0 Å². The summed E-state index contributed by atoms with van der Waals surface area (Å²) in [5, 5.41) is 13.3. The number of rotatable bonds is 7. The van der Waals surface area contributed by atoms with Crippen molar-refractivity contribution >= 4 is 28.4 Å². The fraction of sp³-hybridized carbons (Fsp3) is 0.368. The van der Waals surface area contributed by atoms with Crippen molar-refractivity contribution < 1.29 is 14.6 Å². The molecule has 2 rings (SSSR count). The predicted molar refractivity (Wildman–Crippen MR) is 113 cm³/mol. The summed E-state index contributed by atoms with van der Waals surface area (Å²) in [6.45, 7) is 2.63. The van der Waals surface area contributed by atoms with Gasteiger partial charge in [-0.3, -0.25) is 18.7 Å². The number of methoxy groups -OCH3 is 1. The van der Waals surface area contributed by atoms with Crippen LogP contribution < -0.4 is 16.6 Å². The summed E-state index contributed by atoms with van der Waals surface area (Å²) in [4.78, 5) is 41.3. The Morgan fingerprint density at radius 1 is 1.28 bits per heavy atom. The molecule has 0 spiro atoms. The normalized spacial score (nSPS) is 11.5. The minimum Gasteiger partial charge on any atom is -0.494 e. The maximum atomic E-state index is 12.7. The SMILES string of the molecule is COCCNC(=O)CSC(=Nc1cccc(C)c1)c1c(O)n(C)c(=O)n(C)c1=O. The van der Waals surface area contributed by atoms with Gasteiger partial charge in [-0.2, -0.15) is 0 Å². The molecule has 0 unspecified atom stereocenters. The minimum absolute atomic E-state index is 0.0280. The second-order valence-corrected chi connectivity index (χ2v) is 7.26. The highest BCUT2D eigenvalue weighted by atomic mass is 32.2. The number of nitrogens with one attached hydrogen (secondary N) is 1. The molecule has 0 aliphatic carbocycles. The highest BCUT2D eigenvalue weighted by molar-refractivity contribution is 8.15. The third-order valence-electron chi connectivity index (χ3n) is 4.05. The molecule has 10 heteroatoms. The van der Waals surface area contributed by atoms with Gasteiger partial charge in [-0.15, -0.1) is 0 Å². The van der Waals surface area contributed by atoms with Crippen molar-refractivity contribution in [1.82, 2.24) is 14.5 Å². The molecule has 1 aromatic carbocycles. The van der Waals surface area contributed by atoms with Crippen molar-refractivity contribution in [3.8, 4) is 5.88 Å². The molecule has 156 valence electrons. The molecular weight excluding hydrogens is 396 g/mol. The molecule has 0 fully saturated rings. The van der Waals surface area contributed by atoms with Gasteiger partial charge in [0.05, 0.1) is 18.0 Å². The number of aromatic nitrogens is 2. The number of carbonyl (C=O) groups excluding carboxylic acids is 1. The van der Waals surface area contributed by atoms with E-state index in [4.69, 9.17) is 4.74 Å². The second-order valence-electron chi connectivity index (χ2n) is 6.29. The van der Waals surface area contributed by atoms with Gasteiger partial charge in [0.2, 0.25) is 11.8 Å². The number of aryl methyl sites for hydroxylation is 1. The molecule has 0 saturated carbocycles. The molecule has 0 aliphatic heterocycles. The van der Waals surface area contributed by atoms with E-state index in [1.54, 1.807) is 6.07 Å². The number of aliphatic imine (C=N–C) groups is 1. The van der Waals surface area contributed by atoms with Crippen LogP contribution in [0.4, 0.5) is 5.69 Å². The smallest absolute Gasteiger partial charge is 0.333 e. The lowest BCUT2D eigenvalue weighted by atomic mass is 10.2. The fourth-order valence-corrected chi connectivity index (χ4v) is 3.34. The fourth-order valence-electron chi connectivity index (χ4n) is 2.47. The summed E-state index contributed by atoms with van der Waals surface area (Å²) in [7, 11) is 4.21. The van der Waals surface area contributed by atoms with Gasteiger partial charge < -0.3 is 15.2 Å². The Morgan fingerprint density at radius 3 is 2.66 bits per heavy atom. The Hall–Kier alpha value is -2.85. The summed E-state index contributed by atoms with van der Waals surface area (Å²) >= 11 is 1.00. The van der Waals surface area contributed by atoms with Crippen LogP contribution in [0.3, 0.4) is 0 Å². The summed E-state index contributed by atoms with van der Waals surface area (Å²) in [6, 6.07) is 7.27. The maximum absolute atomic E-state index is 12.7. The first kappa shape index (κ1) is 22.4. The Morgan fingerprint density at radius 2 is 2.00 bits per heavy atom. The third kappa shape index (κ3) is 5.58. The molecule has 0 radical (unpaired) electrons. The molecule has 9 nitrogen and oxygen atoms in total. The van der Waals surface area contributed by atoms with Crippen molar-refractivity contribution in [3.05, 3.63) is 56.2 Å². The zero-order valence-electron chi connectivity index (χ0n) is 16.8. The van der Waals surface area contributed by atoms with E-state index in [9.17, 15) is 19.5 Å². The highest BCUT2D eigenvalue weighted by Gasteiger charge is 2.21. The van der Waals surface area contributed by atoms with Gasteiger partial charge in [0.25, 0.3) is 5.56 Å². The number of carbonyl (C=O) groups is 1. The molecule has 1 amide bonds. The van der Waals surface area contributed by atoms with Gasteiger partial charge in [0.1, 0.15) is 10.6 Å². The number of ether oxygens (including phenoxy) is 1. The number of aromatic hydroxyl groups is 1. The molecule has 1 aromatic heterocycles. The van der Waals surface area contributed by atoms with Crippen LogP contribution in [0.15, 0.2) is 38.8 Å². The van der Waals surface area contributed by atoms with Crippen LogP contribution in [0.25, 0.3) is 0 Å². The number of hydrogen-bond acceptors (Lipinski definition) is 7. The summed E-state index contributed by atoms with van der Waals surface area (Å²) in [5.41, 5.74) is 0.0386. The van der Waals surface area contributed by atoms with Crippen molar-refractivity contribution in [1.29, 1.82) is 0 Å². The van der Waals surface area contributed by atoms with Gasteiger partial charge >= 0.3 is 5.69 Å². The zero-order chi connectivity index (χ0) is 21.6. The van der Waals surface area contributed by atoms with Crippen LogP contribution >= 0.6 is 11.8 Å². The van der Waals surface area contributed by atoms with Gasteiger partial charge in [-0.05, 0) is 24.6 Å². The number of thioether (sulfide) groups is 1. The molecule has 0 saturated heterocycles. The van der Waals surface area contributed by atoms with E-state index < -0.39 is 17.1 Å². The van der Waals surface area contributed by atoms with E-state index >= 15 is 0 Å². The predicted octanol–water partition coefficient (Wildman–Crippen LogP) is 0.672. The Balaban J connectivity index is 2.48. The number of amides is 1. The van der Waals surface area contributed by atoms with Crippen LogP contribution in [0.1, 0.15) is 11.1 Å². The van der Waals surface area contributed by atoms with Crippen molar-refractivity contribution in [3.63, 3.8) is 0 Å². The largest absolute Gasteiger partial charge is 0.494 e. The zero-order valence-corrected chi connectivity index (χ0v) is 17.6. The first-order chi connectivity index (χ1) is 13.8. The molecule has 2 N–H and O–H groups in total. The molecule has 0 atom stereocenters. The first-order valence-corrected chi connectivity index (χ1v) is 9.78. The van der Waals surface area contributed by atoms with Crippen LogP contribution in [0, 0.1) is 6.92 Å². The van der Waals surface area contributed by atoms with Gasteiger partial charge in [0, 0.05) is 27.7 Å². The number of hydrogen-bond donors (Lipinski definition) is 2. The van der Waals surface area contributed by atoms with E-state index in [1.807, 2.05) is 25.1 Å². The van der Waals surface area contributed by atoms with E-state index in [2.05, 4.69) is 10.3 Å². The van der Waals surface area contributed by atoms with Crippen molar-refractivity contribution in [2.24, 2.45) is 19.1 Å². The average Bonchev–Trinajstić information content (AvgIpc) is 2.69. The standard InChI is InChI=1S/C19H24N4O5S/c1-12-6-5-7-13(10-12)21-16(29-11-14(24)20-8-9-28-4)15-17(25)22(2)19(27)23(3)18(15)26/h5-7,10,25H,8-9,11H2,1-4H3,(H,20,24). The molecule has 1 heterocycles. The van der Waals surface area contributed by atoms with Gasteiger partial charge in [-0.1, -0.05) is 23.9 Å².